The number of carbonyl (C=O) groups is 2. The zero-order valence-corrected chi connectivity index (χ0v) is 12.3. The van der Waals surface area contributed by atoms with Gasteiger partial charge in [0.05, 0.1) is 5.75 Å². The molecule has 0 aliphatic heterocycles. The van der Waals surface area contributed by atoms with E-state index in [1.54, 1.807) is 13.8 Å². The Bertz CT molecular complexity index is 291. The van der Waals surface area contributed by atoms with Gasteiger partial charge in [-0.1, -0.05) is 13.8 Å². The second kappa shape index (κ2) is 7.63. The van der Waals surface area contributed by atoms with Crippen molar-refractivity contribution < 1.29 is 14.7 Å². The quantitative estimate of drug-likeness (QED) is 0.620. The van der Waals surface area contributed by atoms with E-state index in [4.69, 9.17) is 10.8 Å². The first-order chi connectivity index (χ1) is 8.24. The summed E-state index contributed by atoms with van der Waals surface area (Å²) in [7, 11) is 0. The fourth-order valence-corrected chi connectivity index (χ4v) is 2.27. The van der Waals surface area contributed by atoms with Crippen LogP contribution in [0, 0.1) is 0 Å². The number of carboxylic acid groups (broad SMARTS) is 1. The molecule has 5 nitrogen and oxygen atoms in total. The summed E-state index contributed by atoms with van der Waals surface area (Å²) < 4.78 is -0.670. The van der Waals surface area contributed by atoms with Gasteiger partial charge in [0.25, 0.3) is 0 Å². The molecule has 0 fully saturated rings. The first-order valence-corrected chi connectivity index (χ1v) is 7.14. The highest BCUT2D eigenvalue weighted by molar-refractivity contribution is 8.01. The van der Waals surface area contributed by atoms with Crippen molar-refractivity contribution >= 4 is 23.6 Å². The molecule has 0 rings (SSSR count). The van der Waals surface area contributed by atoms with Crippen LogP contribution in [0.15, 0.2) is 0 Å². The average molecular weight is 276 g/mol. The number of hydrogen-bond acceptors (Lipinski definition) is 4. The van der Waals surface area contributed by atoms with E-state index in [1.807, 2.05) is 13.8 Å². The molecule has 0 aliphatic rings. The summed E-state index contributed by atoms with van der Waals surface area (Å²) in [6.45, 7) is 7.51. The van der Waals surface area contributed by atoms with Gasteiger partial charge in [0.1, 0.15) is 6.04 Å². The second-order valence-corrected chi connectivity index (χ2v) is 6.42. The number of thioether (sulfide) groups is 1. The third-order valence-corrected chi connectivity index (χ3v) is 4.35. The van der Waals surface area contributed by atoms with Crippen LogP contribution in [0.1, 0.15) is 40.5 Å². The number of nitrogens with two attached hydrogens (primary N) is 1. The first-order valence-electron chi connectivity index (χ1n) is 6.16. The van der Waals surface area contributed by atoms with Crippen molar-refractivity contribution in [2.75, 3.05) is 5.75 Å². The minimum absolute atomic E-state index is 0.0700. The van der Waals surface area contributed by atoms with E-state index in [0.29, 0.717) is 0 Å². The molecule has 18 heavy (non-hydrogen) atoms. The number of nitrogens with one attached hydrogen (secondary N) is 1. The second-order valence-electron chi connectivity index (χ2n) is 4.79. The number of aliphatic carboxylic acids is 1. The van der Waals surface area contributed by atoms with Crippen molar-refractivity contribution in [3.8, 4) is 0 Å². The van der Waals surface area contributed by atoms with Crippen molar-refractivity contribution in [3.63, 3.8) is 0 Å². The van der Waals surface area contributed by atoms with Crippen LogP contribution in [0.3, 0.4) is 0 Å². The molecule has 0 aromatic rings. The molecule has 0 aliphatic carbocycles. The maximum Gasteiger partial charge on any atom is 0.321 e. The number of carbonyl (C=O) groups excluding carboxylic acids is 1. The van der Waals surface area contributed by atoms with E-state index in [9.17, 15) is 9.59 Å². The van der Waals surface area contributed by atoms with Crippen molar-refractivity contribution in [1.29, 1.82) is 0 Å². The molecule has 106 valence electrons. The average Bonchev–Trinajstić information content (AvgIpc) is 2.32. The van der Waals surface area contributed by atoms with Gasteiger partial charge < -0.3 is 16.2 Å². The zero-order chi connectivity index (χ0) is 14.3. The van der Waals surface area contributed by atoms with Crippen LogP contribution in [0.4, 0.5) is 0 Å². The molecule has 0 heterocycles. The van der Waals surface area contributed by atoms with Crippen LogP contribution < -0.4 is 11.1 Å². The van der Waals surface area contributed by atoms with Gasteiger partial charge in [0.15, 0.2) is 0 Å². The lowest BCUT2D eigenvalue weighted by molar-refractivity contribution is -0.139. The van der Waals surface area contributed by atoms with E-state index in [0.717, 1.165) is 12.8 Å². The predicted octanol–water partition coefficient (Wildman–Crippen LogP) is 1.21. The van der Waals surface area contributed by atoms with E-state index < -0.39 is 16.8 Å². The number of carboxylic acids is 1. The molecule has 1 amide bonds. The smallest absolute Gasteiger partial charge is 0.321 e. The standard InChI is InChI=1S/C12H24N2O3S/c1-5-8(6-2)14-9(15)7-18-12(3,4)10(13)11(16)17/h8,10H,5-7,13H2,1-4H3,(H,14,15)(H,16,17)/t10-/m1/s1. The number of amides is 1. The molecular formula is C12H24N2O3S. The third-order valence-electron chi connectivity index (χ3n) is 2.94. The molecule has 1 atom stereocenters. The van der Waals surface area contributed by atoms with Gasteiger partial charge >= 0.3 is 5.97 Å². The van der Waals surface area contributed by atoms with Crippen LogP contribution in [0.25, 0.3) is 0 Å². The Kier molecular flexibility index (Phi) is 7.32. The molecule has 0 aromatic heterocycles. The predicted molar refractivity (Wildman–Crippen MR) is 74.7 cm³/mol. The molecule has 0 aromatic carbocycles. The number of rotatable bonds is 8. The van der Waals surface area contributed by atoms with Gasteiger partial charge in [0.2, 0.25) is 5.91 Å². The minimum Gasteiger partial charge on any atom is -0.480 e. The molecular weight excluding hydrogens is 252 g/mol. The van der Waals surface area contributed by atoms with Crippen LogP contribution in [-0.4, -0.2) is 39.6 Å². The minimum atomic E-state index is -1.05. The van der Waals surface area contributed by atoms with Gasteiger partial charge in [-0.05, 0) is 26.7 Å². The van der Waals surface area contributed by atoms with E-state index in [2.05, 4.69) is 5.32 Å². The molecule has 0 spiro atoms. The lowest BCUT2D eigenvalue weighted by Gasteiger charge is -2.28. The molecule has 0 unspecified atom stereocenters. The monoisotopic (exact) mass is 276 g/mol. The third kappa shape index (κ3) is 5.73. The normalized spacial score (nSPS) is 13.4. The summed E-state index contributed by atoms with van der Waals surface area (Å²) in [5.41, 5.74) is 5.58. The SMILES string of the molecule is CCC(CC)NC(=O)CSC(C)(C)[C@H](N)C(=O)O. The molecule has 0 saturated heterocycles. The van der Waals surface area contributed by atoms with Crippen molar-refractivity contribution in [1.82, 2.24) is 5.32 Å². The summed E-state index contributed by atoms with van der Waals surface area (Å²) in [5.74, 6) is -0.892. The Hall–Kier alpha value is -0.750. The Morgan fingerprint density at radius 2 is 1.83 bits per heavy atom. The summed E-state index contributed by atoms with van der Waals surface area (Å²) in [4.78, 5) is 22.5. The van der Waals surface area contributed by atoms with Gasteiger partial charge in [-0.2, -0.15) is 0 Å². The topological polar surface area (TPSA) is 92.4 Å². The van der Waals surface area contributed by atoms with Crippen molar-refractivity contribution in [2.24, 2.45) is 5.73 Å². The number of hydrogen-bond donors (Lipinski definition) is 3. The Morgan fingerprint density at radius 3 is 2.22 bits per heavy atom. The summed E-state index contributed by atoms with van der Waals surface area (Å²) in [6.07, 6.45) is 1.79. The van der Waals surface area contributed by atoms with Crippen LogP contribution in [0.5, 0.6) is 0 Å². The molecule has 0 radical (unpaired) electrons. The highest BCUT2D eigenvalue weighted by Gasteiger charge is 2.33. The highest BCUT2D eigenvalue weighted by atomic mass is 32.2. The lowest BCUT2D eigenvalue weighted by atomic mass is 10.1. The van der Waals surface area contributed by atoms with Crippen molar-refractivity contribution in [2.45, 2.75) is 57.4 Å². The maximum absolute atomic E-state index is 11.7. The Labute approximate surface area is 113 Å². The summed E-state index contributed by atoms with van der Waals surface area (Å²) in [5, 5.41) is 11.8. The highest BCUT2D eigenvalue weighted by Crippen LogP contribution is 2.27. The first kappa shape index (κ1) is 17.2. The fourth-order valence-electron chi connectivity index (χ4n) is 1.40. The van der Waals surface area contributed by atoms with E-state index >= 15 is 0 Å². The lowest BCUT2D eigenvalue weighted by Crippen LogP contribution is -2.47. The molecule has 0 saturated carbocycles. The van der Waals surface area contributed by atoms with E-state index in [1.165, 1.54) is 11.8 Å². The summed E-state index contributed by atoms with van der Waals surface area (Å²) >= 11 is 1.27. The maximum atomic E-state index is 11.7. The fraction of sp³-hybridized carbons (Fsp3) is 0.833. The zero-order valence-electron chi connectivity index (χ0n) is 11.5. The van der Waals surface area contributed by atoms with Gasteiger partial charge in [-0.25, -0.2) is 0 Å². The largest absolute Gasteiger partial charge is 0.480 e. The summed E-state index contributed by atoms with van der Waals surface area (Å²) in [6, 6.07) is -0.794. The molecule has 6 heteroatoms. The van der Waals surface area contributed by atoms with Crippen LogP contribution >= 0.6 is 11.8 Å². The molecule has 4 N–H and O–H groups in total. The van der Waals surface area contributed by atoms with Crippen molar-refractivity contribution in [3.05, 3.63) is 0 Å². The van der Waals surface area contributed by atoms with Gasteiger partial charge in [-0.15, -0.1) is 11.8 Å². The van der Waals surface area contributed by atoms with E-state index in [-0.39, 0.29) is 17.7 Å². The van der Waals surface area contributed by atoms with Crippen LogP contribution in [0.2, 0.25) is 0 Å². The Balaban J connectivity index is 4.23. The molecule has 0 bridgehead atoms. The van der Waals surface area contributed by atoms with Gasteiger partial charge in [0, 0.05) is 10.8 Å². The Morgan fingerprint density at radius 1 is 1.33 bits per heavy atom. The van der Waals surface area contributed by atoms with Gasteiger partial charge in [-0.3, -0.25) is 9.59 Å². The van der Waals surface area contributed by atoms with Crippen LogP contribution in [-0.2, 0) is 9.59 Å².